The second-order valence-electron chi connectivity index (χ2n) is 9.67. The summed E-state index contributed by atoms with van der Waals surface area (Å²) in [7, 11) is 2.20. The van der Waals surface area contributed by atoms with Crippen LogP contribution >= 0.6 is 0 Å². The number of hydrogen-bond acceptors (Lipinski definition) is 2. The van der Waals surface area contributed by atoms with Gasteiger partial charge in [0.1, 0.15) is 11.2 Å². The van der Waals surface area contributed by atoms with E-state index < -0.39 is 5.41 Å². The molecule has 1 aliphatic heterocycles. The highest BCUT2D eigenvalue weighted by atomic mass is 19.1. The van der Waals surface area contributed by atoms with Crippen molar-refractivity contribution in [2.45, 2.75) is 24.7 Å². The van der Waals surface area contributed by atoms with Gasteiger partial charge in [-0.05, 0) is 35.4 Å². The molecule has 0 radical (unpaired) electrons. The summed E-state index contributed by atoms with van der Waals surface area (Å²) in [5.41, 5.74) is 7.71. The summed E-state index contributed by atoms with van der Waals surface area (Å²) in [4.78, 5) is 25.8. The number of Topliss-reactive ketones (excluding diaryl/α,β-unsaturated/α-hetero) is 1. The molecule has 2 atom stereocenters. The fraction of sp³-hybridized carbons (Fsp3) is 0.310. The third kappa shape index (κ3) is 4.66. The lowest BCUT2D eigenvalue weighted by molar-refractivity contribution is -0.899. The van der Waals surface area contributed by atoms with Crippen molar-refractivity contribution in [2.75, 3.05) is 26.7 Å². The maximum absolute atomic E-state index is 13.2. The highest BCUT2D eigenvalue weighted by Gasteiger charge is 2.53. The van der Waals surface area contributed by atoms with Crippen LogP contribution in [0.25, 0.3) is 0 Å². The van der Waals surface area contributed by atoms with Crippen molar-refractivity contribution >= 4 is 11.7 Å². The fourth-order valence-corrected chi connectivity index (χ4v) is 5.67. The molecule has 176 valence electrons. The molecule has 5 heteroatoms. The van der Waals surface area contributed by atoms with Crippen molar-refractivity contribution in [3.8, 4) is 0 Å². The smallest absolute Gasteiger partial charge is 0.233 e. The quantitative estimate of drug-likeness (QED) is 0.372. The number of carbonyl (C=O) groups excluding carboxylic acids is 2. The molecule has 0 spiro atoms. The van der Waals surface area contributed by atoms with E-state index in [1.807, 2.05) is 60.7 Å². The molecule has 1 fully saturated rings. The van der Waals surface area contributed by atoms with E-state index in [-0.39, 0.29) is 23.4 Å². The number of ketones is 1. The molecule has 0 aliphatic carbocycles. The Balaban J connectivity index is 1.53. The van der Waals surface area contributed by atoms with Crippen LogP contribution in [0.5, 0.6) is 0 Å². The Kier molecular flexibility index (Phi) is 6.94. The van der Waals surface area contributed by atoms with E-state index in [1.54, 1.807) is 12.1 Å². The lowest BCUT2D eigenvalue weighted by Gasteiger charge is -2.38. The molecule has 0 saturated carbocycles. The Hall–Kier alpha value is -3.31. The van der Waals surface area contributed by atoms with Gasteiger partial charge in [-0.3, -0.25) is 9.59 Å². The molecule has 1 saturated heterocycles. The Bertz CT molecular complexity index is 1090. The minimum absolute atomic E-state index is 0.0300. The van der Waals surface area contributed by atoms with Crippen LogP contribution in [0.3, 0.4) is 0 Å². The first-order valence-electron chi connectivity index (χ1n) is 11.9. The van der Waals surface area contributed by atoms with Crippen LogP contribution < -0.4 is 5.73 Å². The number of amides is 1. The predicted molar refractivity (Wildman–Crippen MR) is 132 cm³/mol. The van der Waals surface area contributed by atoms with Crippen LogP contribution in [-0.2, 0) is 10.2 Å². The van der Waals surface area contributed by atoms with Crippen molar-refractivity contribution in [1.82, 2.24) is 0 Å². The number of primary amides is 1. The Morgan fingerprint density at radius 2 is 1.50 bits per heavy atom. The van der Waals surface area contributed by atoms with Crippen LogP contribution in [0.4, 0.5) is 4.39 Å². The van der Waals surface area contributed by atoms with Crippen LogP contribution in [0.15, 0.2) is 84.9 Å². The molecular weight excluding hydrogens is 427 g/mol. The monoisotopic (exact) mass is 459 g/mol. The molecule has 0 aromatic heterocycles. The largest absolute Gasteiger partial charge is 0.369 e. The van der Waals surface area contributed by atoms with E-state index in [9.17, 15) is 14.0 Å². The van der Waals surface area contributed by atoms with Crippen molar-refractivity contribution in [2.24, 2.45) is 11.7 Å². The van der Waals surface area contributed by atoms with Crippen LogP contribution in [-0.4, -0.2) is 42.9 Å². The first kappa shape index (κ1) is 23.8. The van der Waals surface area contributed by atoms with E-state index in [2.05, 4.69) is 7.05 Å². The average Bonchev–Trinajstić information content (AvgIpc) is 3.23. The van der Waals surface area contributed by atoms with Crippen LogP contribution in [0.1, 0.15) is 40.7 Å². The molecule has 1 amide bonds. The Labute approximate surface area is 200 Å². The maximum Gasteiger partial charge on any atom is 0.233 e. The van der Waals surface area contributed by atoms with Crippen molar-refractivity contribution in [1.29, 1.82) is 0 Å². The number of quaternary nitrogens is 1. The van der Waals surface area contributed by atoms with Gasteiger partial charge < -0.3 is 10.2 Å². The van der Waals surface area contributed by atoms with Gasteiger partial charge in [0, 0.05) is 30.7 Å². The molecule has 1 heterocycles. The van der Waals surface area contributed by atoms with E-state index >= 15 is 0 Å². The first-order valence-corrected chi connectivity index (χ1v) is 11.9. The van der Waals surface area contributed by atoms with Crippen LogP contribution in [0.2, 0.25) is 0 Å². The summed E-state index contributed by atoms with van der Waals surface area (Å²) < 4.78 is 13.9. The summed E-state index contributed by atoms with van der Waals surface area (Å²) in [5, 5.41) is 0. The molecule has 34 heavy (non-hydrogen) atoms. The number of rotatable bonds is 9. The van der Waals surface area contributed by atoms with Crippen LogP contribution in [0, 0.1) is 11.7 Å². The number of carbonyl (C=O) groups is 2. The summed E-state index contributed by atoms with van der Waals surface area (Å²) >= 11 is 0. The van der Waals surface area contributed by atoms with Gasteiger partial charge in [0.25, 0.3) is 0 Å². The third-order valence-corrected chi connectivity index (χ3v) is 7.41. The van der Waals surface area contributed by atoms with Gasteiger partial charge in [-0.25, -0.2) is 4.39 Å². The zero-order valence-corrected chi connectivity index (χ0v) is 19.6. The van der Waals surface area contributed by atoms with Crippen molar-refractivity contribution < 1.29 is 18.5 Å². The van der Waals surface area contributed by atoms with Gasteiger partial charge in [-0.15, -0.1) is 0 Å². The van der Waals surface area contributed by atoms with Crippen molar-refractivity contribution in [3.63, 3.8) is 0 Å². The highest BCUT2D eigenvalue weighted by Crippen LogP contribution is 2.45. The zero-order valence-electron chi connectivity index (χ0n) is 19.6. The molecule has 3 aromatic carbocycles. The van der Waals surface area contributed by atoms with E-state index in [1.165, 1.54) is 12.1 Å². The third-order valence-electron chi connectivity index (χ3n) is 7.41. The maximum atomic E-state index is 13.2. The second kappa shape index (κ2) is 9.90. The lowest BCUT2D eigenvalue weighted by Crippen LogP contribution is -2.51. The average molecular weight is 460 g/mol. The molecule has 1 unspecified atom stereocenters. The minimum atomic E-state index is -0.900. The molecular formula is C29H32FN2O2+. The summed E-state index contributed by atoms with van der Waals surface area (Å²) in [5.74, 6) is -0.586. The van der Waals surface area contributed by atoms with Gasteiger partial charge in [0.05, 0.1) is 26.7 Å². The Morgan fingerprint density at radius 3 is 2.03 bits per heavy atom. The predicted octanol–water partition coefficient (Wildman–Crippen LogP) is 4.73. The number of hydrogen-bond donors (Lipinski definition) is 1. The summed E-state index contributed by atoms with van der Waals surface area (Å²) in [6.45, 7) is 2.56. The second-order valence-corrected chi connectivity index (χ2v) is 9.67. The minimum Gasteiger partial charge on any atom is -0.369 e. The number of halogens is 1. The Morgan fingerprint density at radius 1 is 0.941 bits per heavy atom. The van der Waals surface area contributed by atoms with Gasteiger partial charge in [-0.2, -0.15) is 0 Å². The molecule has 2 N–H and O–H groups in total. The first-order chi connectivity index (χ1) is 16.3. The van der Waals surface area contributed by atoms with E-state index in [0.717, 1.165) is 48.1 Å². The highest BCUT2D eigenvalue weighted by molar-refractivity contribution is 5.96. The normalized spacial score (nSPS) is 20.2. The number of nitrogens with two attached hydrogens (primary N) is 1. The molecule has 3 aromatic rings. The molecule has 0 bridgehead atoms. The fourth-order valence-electron chi connectivity index (χ4n) is 5.67. The van der Waals surface area contributed by atoms with E-state index in [4.69, 9.17) is 5.73 Å². The molecule has 4 nitrogen and oxygen atoms in total. The summed E-state index contributed by atoms with van der Waals surface area (Å²) in [6, 6.07) is 25.5. The number of benzene rings is 3. The number of nitrogens with zero attached hydrogens (tertiary/aromatic N) is 1. The van der Waals surface area contributed by atoms with Crippen molar-refractivity contribution in [3.05, 3.63) is 107 Å². The SMILES string of the molecule is C[N+]1(CCCC(=O)c2ccc(F)cc2)CC[C@@H](C(C(N)=O)(c2ccccc2)c2ccccc2)C1. The zero-order chi connectivity index (χ0) is 24.2. The van der Waals surface area contributed by atoms with E-state index in [0.29, 0.717) is 12.0 Å². The topological polar surface area (TPSA) is 60.2 Å². The molecule has 1 aliphatic rings. The standard InChI is InChI=1S/C29H31FN2O2/c1-32(19-8-13-27(33)22-14-16-26(30)17-15-22)20-18-25(21-32)29(28(31)34,23-9-4-2-5-10-23)24-11-6-3-7-12-24/h2-7,9-12,14-17,25H,8,13,18-21H2,1H3,(H-,31,34)/p+1/t25-,32?/m1/s1. The summed E-state index contributed by atoms with van der Waals surface area (Å²) in [6.07, 6.45) is 2.03. The van der Waals surface area contributed by atoms with Gasteiger partial charge in [0.15, 0.2) is 5.78 Å². The van der Waals surface area contributed by atoms with Gasteiger partial charge in [0.2, 0.25) is 5.91 Å². The van der Waals surface area contributed by atoms with Gasteiger partial charge >= 0.3 is 0 Å². The molecule has 4 rings (SSSR count). The number of likely N-dealkylation sites (tertiary alicyclic amines) is 1. The lowest BCUT2D eigenvalue weighted by atomic mass is 9.64. The van der Waals surface area contributed by atoms with Gasteiger partial charge in [-0.1, -0.05) is 60.7 Å².